The highest BCUT2D eigenvalue weighted by atomic mass is 16.6. The fraction of sp³-hybridized carbons (Fsp3) is 0.484. The molecule has 1 spiro atoms. The molecule has 1 unspecified atom stereocenters. The first-order valence-corrected chi connectivity index (χ1v) is 13.7. The lowest BCUT2D eigenvalue weighted by molar-refractivity contribution is -0.171. The molecular weight excluding hydrogens is 514 g/mol. The fourth-order valence-corrected chi connectivity index (χ4v) is 7.28. The molecule has 3 aliphatic carbocycles. The number of nitrogens with zero attached hydrogens (tertiary/aromatic N) is 1. The number of hydrogen-bond donors (Lipinski definition) is 2. The van der Waals surface area contributed by atoms with E-state index in [2.05, 4.69) is 0 Å². The molecule has 1 saturated carbocycles. The molecule has 4 bridgehead atoms. The van der Waals surface area contributed by atoms with Gasteiger partial charge >= 0.3 is 0 Å². The Morgan fingerprint density at radius 2 is 1.73 bits per heavy atom. The van der Waals surface area contributed by atoms with Crippen molar-refractivity contribution in [3.05, 3.63) is 52.1 Å². The maximum absolute atomic E-state index is 14.2. The zero-order chi connectivity index (χ0) is 28.7. The molecule has 0 aromatic heterocycles. The van der Waals surface area contributed by atoms with Crippen molar-refractivity contribution in [2.45, 2.75) is 51.7 Å². The van der Waals surface area contributed by atoms with Gasteiger partial charge in [0.15, 0.2) is 22.8 Å². The number of rotatable bonds is 6. The van der Waals surface area contributed by atoms with Crippen LogP contribution >= 0.6 is 0 Å². The first-order valence-electron chi connectivity index (χ1n) is 13.7. The van der Waals surface area contributed by atoms with Crippen molar-refractivity contribution in [2.75, 3.05) is 26.2 Å². The molecule has 9 nitrogen and oxygen atoms in total. The van der Waals surface area contributed by atoms with E-state index in [4.69, 9.17) is 9.47 Å². The summed E-state index contributed by atoms with van der Waals surface area (Å²) in [6.07, 6.45) is 5.84. The second-order valence-electron chi connectivity index (χ2n) is 12.1. The normalized spacial score (nSPS) is 32.0. The van der Waals surface area contributed by atoms with E-state index in [0.29, 0.717) is 6.54 Å². The van der Waals surface area contributed by atoms with E-state index in [1.807, 2.05) is 39.8 Å². The Morgan fingerprint density at radius 1 is 1.05 bits per heavy atom. The highest BCUT2D eigenvalue weighted by molar-refractivity contribution is 6.40. The van der Waals surface area contributed by atoms with Crippen molar-refractivity contribution in [1.29, 1.82) is 0 Å². The summed E-state index contributed by atoms with van der Waals surface area (Å²) in [7, 11) is 0. The van der Waals surface area contributed by atoms with Crippen molar-refractivity contribution >= 4 is 23.1 Å². The second kappa shape index (κ2) is 8.97. The number of phenols is 2. The first kappa shape index (κ1) is 26.7. The molecule has 5 atom stereocenters. The molecule has 7 rings (SSSR count). The molecule has 0 amide bonds. The first-order chi connectivity index (χ1) is 18.9. The van der Waals surface area contributed by atoms with Gasteiger partial charge in [0.2, 0.25) is 11.6 Å². The third-order valence-electron chi connectivity index (χ3n) is 9.17. The van der Waals surface area contributed by atoms with Gasteiger partial charge in [-0.05, 0) is 40.0 Å². The van der Waals surface area contributed by atoms with Crippen molar-refractivity contribution in [3.63, 3.8) is 0 Å². The SMILES string of the molecule is CC(C)=CCc1c(O)cc2c(c1O)C(=O)C1=C[C@H]3C(=O)C4(CC=C(C)C)OC[C@H]([C@H]3CN3CC(=O)C(=O)C3)[C@]14O2. The minimum Gasteiger partial charge on any atom is -0.507 e. The summed E-state index contributed by atoms with van der Waals surface area (Å²) in [5.74, 6) is -3.55. The van der Waals surface area contributed by atoms with Crippen LogP contribution in [0.1, 0.15) is 50.0 Å². The fourth-order valence-electron chi connectivity index (χ4n) is 7.28. The van der Waals surface area contributed by atoms with Crippen LogP contribution in [0.2, 0.25) is 0 Å². The number of benzene rings is 1. The molecule has 3 aliphatic heterocycles. The summed E-state index contributed by atoms with van der Waals surface area (Å²) in [6.45, 7) is 8.07. The highest BCUT2D eigenvalue weighted by Crippen LogP contribution is 2.65. The van der Waals surface area contributed by atoms with Crippen LogP contribution in [0.15, 0.2) is 41.0 Å². The Balaban J connectivity index is 1.50. The van der Waals surface area contributed by atoms with E-state index in [0.717, 1.165) is 11.1 Å². The van der Waals surface area contributed by atoms with Gasteiger partial charge in [-0.15, -0.1) is 0 Å². The lowest BCUT2D eigenvalue weighted by Gasteiger charge is -2.58. The van der Waals surface area contributed by atoms with Gasteiger partial charge in [-0.1, -0.05) is 29.4 Å². The number of carbonyl (C=O) groups excluding carboxylic acids is 4. The van der Waals surface area contributed by atoms with Crippen molar-refractivity contribution in [2.24, 2.45) is 17.8 Å². The van der Waals surface area contributed by atoms with Gasteiger partial charge in [0.1, 0.15) is 22.8 Å². The van der Waals surface area contributed by atoms with Crippen molar-refractivity contribution in [1.82, 2.24) is 4.90 Å². The second-order valence-corrected chi connectivity index (χ2v) is 12.1. The standard InChI is InChI=1S/C31H33NO8/c1-15(2)5-6-17-22(33)10-25-26(27(17)36)28(37)20-9-18-19(11-32-12-23(34)24(35)13-32)21-14-39-30(29(18)38,8-7-16(3)4)31(20,21)40-25/h5,7,9-10,18-19,21,33,36H,6,8,11-14H2,1-4H3/t18-,19+,21-,30?,31-/m1/s1. The summed E-state index contributed by atoms with van der Waals surface area (Å²) in [4.78, 5) is 54.1. The molecule has 1 aromatic rings. The van der Waals surface area contributed by atoms with E-state index in [1.54, 1.807) is 11.0 Å². The van der Waals surface area contributed by atoms with E-state index in [1.165, 1.54) is 6.07 Å². The highest BCUT2D eigenvalue weighted by Gasteiger charge is 2.79. The molecule has 9 heteroatoms. The zero-order valence-electron chi connectivity index (χ0n) is 23.1. The number of aromatic hydroxyl groups is 2. The summed E-state index contributed by atoms with van der Waals surface area (Å²) in [5.41, 5.74) is -0.491. The Hall–Kier alpha value is -3.56. The van der Waals surface area contributed by atoms with Gasteiger partial charge < -0.3 is 19.7 Å². The predicted octanol–water partition coefficient (Wildman–Crippen LogP) is 2.87. The Bertz CT molecular complexity index is 1460. The molecule has 2 saturated heterocycles. The molecule has 3 fully saturated rings. The Labute approximate surface area is 232 Å². The van der Waals surface area contributed by atoms with E-state index < -0.39 is 40.4 Å². The van der Waals surface area contributed by atoms with Crippen LogP contribution in [-0.4, -0.2) is 75.7 Å². The van der Waals surface area contributed by atoms with Crippen molar-refractivity contribution in [3.8, 4) is 17.2 Å². The minimum atomic E-state index is -1.48. The molecule has 3 heterocycles. The van der Waals surface area contributed by atoms with Crippen LogP contribution < -0.4 is 4.74 Å². The molecule has 40 heavy (non-hydrogen) atoms. The van der Waals surface area contributed by atoms with Crippen LogP contribution in [0.5, 0.6) is 17.2 Å². The third-order valence-corrected chi connectivity index (χ3v) is 9.17. The van der Waals surface area contributed by atoms with Crippen LogP contribution in [0.25, 0.3) is 0 Å². The quantitative estimate of drug-likeness (QED) is 0.408. The molecule has 2 N–H and O–H groups in total. The number of ether oxygens (including phenoxy) is 2. The average molecular weight is 548 g/mol. The van der Waals surface area contributed by atoms with Crippen LogP contribution in [0, 0.1) is 17.8 Å². The van der Waals surface area contributed by atoms with Crippen LogP contribution in [0.4, 0.5) is 0 Å². The maximum atomic E-state index is 14.2. The molecule has 1 aromatic carbocycles. The van der Waals surface area contributed by atoms with Gasteiger partial charge in [-0.2, -0.15) is 0 Å². The summed E-state index contributed by atoms with van der Waals surface area (Å²) in [5, 5.41) is 22.1. The van der Waals surface area contributed by atoms with Gasteiger partial charge in [-0.25, -0.2) is 0 Å². The number of carbonyl (C=O) groups is 4. The number of likely N-dealkylation sites (tertiary alicyclic amines) is 1. The number of phenolic OH excluding ortho intramolecular Hbond substituents is 2. The molecule has 210 valence electrons. The Morgan fingerprint density at radius 3 is 2.38 bits per heavy atom. The van der Waals surface area contributed by atoms with Gasteiger partial charge in [0, 0.05) is 42.0 Å². The molecular formula is C31H33NO8. The minimum absolute atomic E-state index is 0.00484. The Kier molecular flexibility index (Phi) is 5.98. The number of fused-ring (bicyclic) bond motifs is 1. The average Bonchev–Trinajstić information content (AvgIpc) is 3.34. The van der Waals surface area contributed by atoms with E-state index in [9.17, 15) is 29.4 Å². The van der Waals surface area contributed by atoms with E-state index >= 15 is 0 Å². The topological polar surface area (TPSA) is 130 Å². The van der Waals surface area contributed by atoms with Gasteiger partial charge in [0.25, 0.3) is 0 Å². The molecule has 6 aliphatic rings. The molecule has 0 radical (unpaired) electrons. The third kappa shape index (κ3) is 3.46. The number of Topliss-reactive ketones (excluding diaryl/α,β-unsaturated/α-hetero) is 4. The lowest BCUT2D eigenvalue weighted by Crippen LogP contribution is -2.74. The summed E-state index contributed by atoms with van der Waals surface area (Å²) in [6, 6.07) is 1.35. The van der Waals surface area contributed by atoms with Gasteiger partial charge in [0.05, 0.1) is 19.7 Å². The van der Waals surface area contributed by atoms with E-state index in [-0.39, 0.29) is 78.2 Å². The number of allylic oxidation sites excluding steroid dienone is 4. The monoisotopic (exact) mass is 547 g/mol. The summed E-state index contributed by atoms with van der Waals surface area (Å²) < 4.78 is 13.1. The van der Waals surface area contributed by atoms with Crippen molar-refractivity contribution < 1.29 is 38.9 Å². The lowest BCUT2D eigenvalue weighted by atomic mass is 9.49. The summed E-state index contributed by atoms with van der Waals surface area (Å²) >= 11 is 0. The number of hydrogen-bond acceptors (Lipinski definition) is 9. The van der Waals surface area contributed by atoms with Gasteiger partial charge in [-0.3, -0.25) is 24.1 Å². The predicted molar refractivity (Wildman–Crippen MR) is 143 cm³/mol. The van der Waals surface area contributed by atoms with Crippen LogP contribution in [0.3, 0.4) is 0 Å². The smallest absolute Gasteiger partial charge is 0.213 e. The van der Waals surface area contributed by atoms with Crippen LogP contribution in [-0.2, 0) is 25.5 Å². The number of ketones is 4. The maximum Gasteiger partial charge on any atom is 0.213 e. The largest absolute Gasteiger partial charge is 0.507 e. The zero-order valence-corrected chi connectivity index (χ0v) is 23.1.